The molecule has 0 fully saturated rings. The normalized spacial score (nSPS) is 15.4. The molecular weight excluding hydrogens is 264 g/mol. The van der Waals surface area contributed by atoms with Crippen LogP contribution in [0.2, 0.25) is 0 Å². The van der Waals surface area contributed by atoms with E-state index < -0.39 is 5.97 Å². The second-order valence-electron chi connectivity index (χ2n) is 6.11. The van der Waals surface area contributed by atoms with Crippen LogP contribution in [0.1, 0.15) is 35.5 Å². The number of fused-ring (bicyclic) bond motifs is 2. The summed E-state index contributed by atoms with van der Waals surface area (Å²) in [7, 11) is 0. The van der Waals surface area contributed by atoms with Gasteiger partial charge in [-0.25, -0.2) is 4.79 Å². The summed E-state index contributed by atoms with van der Waals surface area (Å²) in [6.07, 6.45) is 0.827. The van der Waals surface area contributed by atoms with Gasteiger partial charge in [0.05, 0.1) is 11.1 Å². The molecule has 4 nitrogen and oxygen atoms in total. The Labute approximate surface area is 124 Å². The number of rotatable bonds is 3. The second kappa shape index (κ2) is 5.45. The van der Waals surface area contributed by atoms with Crippen molar-refractivity contribution in [1.82, 2.24) is 9.88 Å². The zero-order chi connectivity index (χ0) is 15.0. The zero-order valence-electron chi connectivity index (χ0n) is 12.5. The summed E-state index contributed by atoms with van der Waals surface area (Å²) in [4.78, 5) is 18.8. The number of nitrogens with zero attached hydrogens (tertiary/aromatic N) is 2. The predicted molar refractivity (Wildman–Crippen MR) is 82.5 cm³/mol. The minimum absolute atomic E-state index is 0.434. The number of carbonyl (C=O) groups is 1. The number of hydrogen-bond acceptors (Lipinski definition) is 3. The minimum Gasteiger partial charge on any atom is -0.478 e. The summed E-state index contributed by atoms with van der Waals surface area (Å²) in [5.41, 5.74) is 3.06. The molecule has 4 heteroatoms. The van der Waals surface area contributed by atoms with Gasteiger partial charge in [0.15, 0.2) is 0 Å². The maximum absolute atomic E-state index is 11.8. The van der Waals surface area contributed by atoms with Gasteiger partial charge in [0, 0.05) is 42.7 Å². The van der Waals surface area contributed by atoms with Crippen molar-refractivity contribution in [1.29, 1.82) is 0 Å². The van der Waals surface area contributed by atoms with Crippen LogP contribution in [0.5, 0.6) is 0 Å². The van der Waals surface area contributed by atoms with Crippen LogP contribution < -0.4 is 0 Å². The van der Waals surface area contributed by atoms with E-state index in [1.54, 1.807) is 0 Å². The van der Waals surface area contributed by atoms with Crippen molar-refractivity contribution in [3.05, 3.63) is 41.1 Å². The minimum atomic E-state index is -0.851. The molecule has 0 saturated carbocycles. The van der Waals surface area contributed by atoms with Gasteiger partial charge in [-0.1, -0.05) is 32.0 Å². The summed E-state index contributed by atoms with van der Waals surface area (Å²) in [6, 6.07) is 7.52. The van der Waals surface area contributed by atoms with Gasteiger partial charge in [-0.05, 0) is 12.0 Å². The molecule has 0 atom stereocenters. The van der Waals surface area contributed by atoms with Gasteiger partial charge in [-0.3, -0.25) is 9.88 Å². The number of benzene rings is 1. The third kappa shape index (κ3) is 2.63. The van der Waals surface area contributed by atoms with Crippen LogP contribution in [0.25, 0.3) is 10.9 Å². The highest BCUT2D eigenvalue weighted by Gasteiger charge is 2.25. The van der Waals surface area contributed by atoms with E-state index in [4.69, 9.17) is 0 Å². The molecule has 1 aliphatic heterocycles. The Bertz CT molecular complexity index is 694. The van der Waals surface area contributed by atoms with E-state index >= 15 is 0 Å². The molecule has 110 valence electrons. The summed E-state index contributed by atoms with van der Waals surface area (Å²) >= 11 is 0. The lowest BCUT2D eigenvalue weighted by atomic mass is 9.95. The number of hydrogen-bond donors (Lipinski definition) is 1. The molecule has 2 heterocycles. The lowest BCUT2D eigenvalue weighted by Crippen LogP contribution is -2.35. The Hall–Kier alpha value is -1.94. The number of carboxylic acid groups (broad SMARTS) is 1. The highest BCUT2D eigenvalue weighted by atomic mass is 16.4. The predicted octanol–water partition coefficient (Wildman–Crippen LogP) is 2.95. The second-order valence-corrected chi connectivity index (χ2v) is 6.11. The molecule has 21 heavy (non-hydrogen) atoms. The average molecular weight is 284 g/mol. The SMILES string of the molecule is CC(C)CN1CCc2nc3ccccc3c(C(=O)O)c2C1. The molecule has 0 amide bonds. The van der Waals surface area contributed by atoms with E-state index in [2.05, 4.69) is 23.7 Å². The number of pyridine rings is 1. The van der Waals surface area contributed by atoms with Crippen LogP contribution in [0, 0.1) is 5.92 Å². The first-order valence-corrected chi connectivity index (χ1v) is 7.42. The smallest absolute Gasteiger partial charge is 0.336 e. The summed E-state index contributed by atoms with van der Waals surface area (Å²) in [5, 5.41) is 10.4. The van der Waals surface area contributed by atoms with E-state index in [1.807, 2.05) is 24.3 Å². The largest absolute Gasteiger partial charge is 0.478 e. The van der Waals surface area contributed by atoms with Crippen molar-refractivity contribution in [2.75, 3.05) is 13.1 Å². The molecule has 0 aliphatic carbocycles. The third-order valence-corrected chi connectivity index (χ3v) is 3.96. The fourth-order valence-corrected chi connectivity index (χ4v) is 3.16. The van der Waals surface area contributed by atoms with E-state index in [9.17, 15) is 9.90 Å². The monoisotopic (exact) mass is 284 g/mol. The molecule has 1 aromatic carbocycles. The maximum Gasteiger partial charge on any atom is 0.336 e. The molecule has 1 aromatic heterocycles. The number of carboxylic acids is 1. The van der Waals surface area contributed by atoms with Crippen LogP contribution in [-0.2, 0) is 13.0 Å². The maximum atomic E-state index is 11.8. The van der Waals surface area contributed by atoms with Crippen molar-refractivity contribution in [2.24, 2.45) is 5.92 Å². The van der Waals surface area contributed by atoms with E-state index in [1.165, 1.54) is 0 Å². The van der Waals surface area contributed by atoms with Gasteiger partial charge in [-0.2, -0.15) is 0 Å². The number of aromatic nitrogens is 1. The van der Waals surface area contributed by atoms with Gasteiger partial charge in [0.2, 0.25) is 0 Å². The molecule has 0 saturated heterocycles. The van der Waals surface area contributed by atoms with Crippen LogP contribution in [-0.4, -0.2) is 34.0 Å². The van der Waals surface area contributed by atoms with E-state index in [0.717, 1.165) is 41.7 Å². The standard InChI is InChI=1S/C17H20N2O2/c1-11(2)9-19-8-7-15-13(10-19)16(17(20)21)12-5-3-4-6-14(12)18-15/h3-6,11H,7-10H2,1-2H3,(H,20,21). The fourth-order valence-electron chi connectivity index (χ4n) is 3.16. The Kier molecular flexibility index (Phi) is 3.64. The average Bonchev–Trinajstić information content (AvgIpc) is 2.43. The Balaban J connectivity index is 2.12. The van der Waals surface area contributed by atoms with Crippen LogP contribution in [0.15, 0.2) is 24.3 Å². The lowest BCUT2D eigenvalue weighted by Gasteiger charge is -2.30. The highest BCUT2D eigenvalue weighted by Crippen LogP contribution is 2.28. The molecule has 1 N–H and O–H groups in total. The van der Waals surface area contributed by atoms with Crippen molar-refractivity contribution < 1.29 is 9.90 Å². The molecule has 0 unspecified atom stereocenters. The first kappa shape index (κ1) is 14.0. The number of para-hydroxylation sites is 1. The Morgan fingerprint density at radius 3 is 2.86 bits per heavy atom. The van der Waals surface area contributed by atoms with Crippen LogP contribution in [0.3, 0.4) is 0 Å². The van der Waals surface area contributed by atoms with Gasteiger partial charge in [0.1, 0.15) is 0 Å². The van der Waals surface area contributed by atoms with Gasteiger partial charge in [-0.15, -0.1) is 0 Å². The Morgan fingerprint density at radius 1 is 1.38 bits per heavy atom. The first-order chi connectivity index (χ1) is 10.1. The fraction of sp³-hybridized carbons (Fsp3) is 0.412. The van der Waals surface area contributed by atoms with Crippen molar-refractivity contribution in [3.8, 4) is 0 Å². The summed E-state index contributed by atoms with van der Waals surface area (Å²) in [6.45, 7) is 7.01. The van der Waals surface area contributed by atoms with E-state index in [0.29, 0.717) is 18.0 Å². The quantitative estimate of drug-likeness (QED) is 0.941. The van der Waals surface area contributed by atoms with Gasteiger partial charge < -0.3 is 5.11 Å². The zero-order valence-corrected chi connectivity index (χ0v) is 12.5. The molecule has 3 rings (SSSR count). The topological polar surface area (TPSA) is 53.4 Å². The van der Waals surface area contributed by atoms with Crippen molar-refractivity contribution in [3.63, 3.8) is 0 Å². The lowest BCUT2D eigenvalue weighted by molar-refractivity contribution is 0.0695. The van der Waals surface area contributed by atoms with Crippen LogP contribution >= 0.6 is 0 Å². The van der Waals surface area contributed by atoms with E-state index in [-0.39, 0.29) is 0 Å². The molecule has 0 bridgehead atoms. The molecule has 0 spiro atoms. The van der Waals surface area contributed by atoms with Crippen molar-refractivity contribution >= 4 is 16.9 Å². The summed E-state index contributed by atoms with van der Waals surface area (Å²) < 4.78 is 0. The number of aromatic carboxylic acids is 1. The molecule has 0 radical (unpaired) electrons. The highest BCUT2D eigenvalue weighted by molar-refractivity contribution is 6.04. The summed E-state index contributed by atoms with van der Waals surface area (Å²) in [5.74, 6) is -0.274. The molecular formula is C17H20N2O2. The Morgan fingerprint density at radius 2 is 2.14 bits per heavy atom. The van der Waals surface area contributed by atoms with Gasteiger partial charge >= 0.3 is 5.97 Å². The molecule has 2 aromatic rings. The third-order valence-electron chi connectivity index (χ3n) is 3.96. The van der Waals surface area contributed by atoms with Crippen molar-refractivity contribution in [2.45, 2.75) is 26.8 Å². The van der Waals surface area contributed by atoms with Crippen LogP contribution in [0.4, 0.5) is 0 Å². The van der Waals surface area contributed by atoms with Gasteiger partial charge in [0.25, 0.3) is 0 Å². The first-order valence-electron chi connectivity index (χ1n) is 7.42. The molecule has 1 aliphatic rings.